The second-order valence-corrected chi connectivity index (χ2v) is 3.35. The molecule has 0 unspecified atom stereocenters. The van der Waals surface area contributed by atoms with Crippen molar-refractivity contribution < 1.29 is 14.3 Å². The van der Waals surface area contributed by atoms with Gasteiger partial charge in [0.2, 0.25) is 0 Å². The number of pyridine rings is 1. The molecule has 2 aromatic heterocycles. The predicted molar refractivity (Wildman–Crippen MR) is 51.5 cm³/mol. The lowest BCUT2D eigenvalue weighted by Gasteiger charge is -1.97. The van der Waals surface area contributed by atoms with E-state index in [1.165, 1.54) is 22.7 Å². The summed E-state index contributed by atoms with van der Waals surface area (Å²) in [5.74, 6) is -1.17. The van der Waals surface area contributed by atoms with E-state index in [0.717, 1.165) is 0 Å². The van der Waals surface area contributed by atoms with E-state index >= 15 is 0 Å². The fraction of sp³-hybridized carbons (Fsp3) is 0.111. The lowest BCUT2D eigenvalue weighted by molar-refractivity contribution is -0.136. The number of hydrogen-bond donors (Lipinski definition) is 1. The molecule has 0 aromatic carbocycles. The molecule has 0 aliphatic carbocycles. The summed E-state index contributed by atoms with van der Waals surface area (Å²) in [5.41, 5.74) is 0.368. The van der Waals surface area contributed by atoms with Crippen LogP contribution in [0.5, 0.6) is 0 Å². The highest BCUT2D eigenvalue weighted by atomic mass is 35.5. The molecule has 0 spiro atoms. The third-order valence-corrected chi connectivity index (χ3v) is 2.22. The van der Waals surface area contributed by atoms with E-state index in [-0.39, 0.29) is 17.4 Å². The molecule has 0 bridgehead atoms. The van der Waals surface area contributed by atoms with Gasteiger partial charge in [-0.3, -0.25) is 4.79 Å². The van der Waals surface area contributed by atoms with Crippen LogP contribution in [0.25, 0.3) is 5.52 Å². The van der Waals surface area contributed by atoms with E-state index in [1.54, 1.807) is 0 Å². The van der Waals surface area contributed by atoms with Gasteiger partial charge in [-0.05, 0) is 6.07 Å². The monoisotopic (exact) mass is 228 g/mol. The SMILES string of the molecule is O=C(O)Cc1nc(Cl)c2cc(F)ccn12. The Hall–Kier alpha value is -1.62. The number of carboxylic acids is 1. The van der Waals surface area contributed by atoms with Crippen molar-refractivity contribution in [3.8, 4) is 0 Å². The summed E-state index contributed by atoms with van der Waals surface area (Å²) < 4.78 is 14.3. The fourth-order valence-electron chi connectivity index (χ4n) is 1.34. The van der Waals surface area contributed by atoms with Crippen molar-refractivity contribution in [1.29, 1.82) is 0 Å². The number of hydrogen-bond acceptors (Lipinski definition) is 2. The maximum Gasteiger partial charge on any atom is 0.311 e. The number of fused-ring (bicyclic) bond motifs is 1. The van der Waals surface area contributed by atoms with Crippen LogP contribution in [0.2, 0.25) is 5.15 Å². The molecule has 0 radical (unpaired) electrons. The van der Waals surface area contributed by atoms with Crippen LogP contribution < -0.4 is 0 Å². The zero-order valence-electron chi connectivity index (χ0n) is 7.44. The Balaban J connectivity index is 2.62. The number of halogens is 2. The highest BCUT2D eigenvalue weighted by Crippen LogP contribution is 2.19. The quantitative estimate of drug-likeness (QED) is 0.852. The molecule has 0 aliphatic rings. The van der Waals surface area contributed by atoms with Gasteiger partial charge in [0.25, 0.3) is 0 Å². The van der Waals surface area contributed by atoms with E-state index < -0.39 is 11.8 Å². The standard InChI is InChI=1S/C9H6ClFN2O2/c10-9-6-3-5(11)1-2-13(6)7(12-9)4-8(14)15/h1-3H,4H2,(H,14,15). The van der Waals surface area contributed by atoms with Crippen molar-refractivity contribution in [3.05, 3.63) is 35.1 Å². The second kappa shape index (κ2) is 3.51. The largest absolute Gasteiger partial charge is 0.481 e. The van der Waals surface area contributed by atoms with E-state index in [9.17, 15) is 9.18 Å². The summed E-state index contributed by atoms with van der Waals surface area (Å²) in [6, 6.07) is 2.43. The van der Waals surface area contributed by atoms with Crippen LogP contribution >= 0.6 is 11.6 Å². The van der Waals surface area contributed by atoms with Crippen molar-refractivity contribution in [2.75, 3.05) is 0 Å². The minimum Gasteiger partial charge on any atom is -0.481 e. The number of aromatic nitrogens is 2. The second-order valence-electron chi connectivity index (χ2n) is 2.99. The third kappa shape index (κ3) is 1.78. The summed E-state index contributed by atoms with van der Waals surface area (Å²) in [6.07, 6.45) is 1.15. The number of nitrogens with zero attached hydrogens (tertiary/aromatic N) is 2. The fourth-order valence-corrected chi connectivity index (χ4v) is 1.59. The van der Waals surface area contributed by atoms with E-state index in [1.807, 2.05) is 0 Å². The first-order chi connectivity index (χ1) is 7.08. The Labute approximate surface area is 88.9 Å². The van der Waals surface area contributed by atoms with Crippen molar-refractivity contribution >= 4 is 23.1 Å². The summed E-state index contributed by atoms with van der Waals surface area (Å²) in [7, 11) is 0. The van der Waals surface area contributed by atoms with Crippen LogP contribution in [-0.2, 0) is 11.2 Å². The minimum absolute atomic E-state index is 0.103. The summed E-state index contributed by atoms with van der Waals surface area (Å²) in [6.45, 7) is 0. The number of rotatable bonds is 2. The summed E-state index contributed by atoms with van der Waals surface area (Å²) in [5, 5.41) is 8.72. The molecule has 4 nitrogen and oxygen atoms in total. The number of carbonyl (C=O) groups is 1. The molecule has 2 heterocycles. The van der Waals surface area contributed by atoms with Gasteiger partial charge in [0, 0.05) is 12.3 Å². The number of imidazole rings is 1. The van der Waals surface area contributed by atoms with Gasteiger partial charge in [0.15, 0.2) is 5.15 Å². The van der Waals surface area contributed by atoms with Gasteiger partial charge in [-0.25, -0.2) is 9.37 Å². The zero-order chi connectivity index (χ0) is 11.0. The molecule has 0 aliphatic heterocycles. The Bertz CT molecular complexity index is 538. The van der Waals surface area contributed by atoms with Gasteiger partial charge in [-0.15, -0.1) is 0 Å². The highest BCUT2D eigenvalue weighted by Gasteiger charge is 2.12. The molecule has 78 valence electrons. The van der Waals surface area contributed by atoms with Gasteiger partial charge >= 0.3 is 5.97 Å². The number of carboxylic acid groups (broad SMARTS) is 1. The average molecular weight is 229 g/mol. The molecule has 15 heavy (non-hydrogen) atoms. The highest BCUT2D eigenvalue weighted by molar-refractivity contribution is 6.32. The van der Waals surface area contributed by atoms with Crippen LogP contribution in [-0.4, -0.2) is 20.5 Å². The molecule has 1 N–H and O–H groups in total. The van der Waals surface area contributed by atoms with Gasteiger partial charge in [-0.2, -0.15) is 0 Å². The molecular formula is C9H6ClFN2O2. The van der Waals surface area contributed by atoms with Crippen LogP contribution in [0.3, 0.4) is 0 Å². The van der Waals surface area contributed by atoms with Crippen molar-refractivity contribution in [1.82, 2.24) is 9.38 Å². The van der Waals surface area contributed by atoms with Crippen LogP contribution in [0.4, 0.5) is 4.39 Å². The van der Waals surface area contributed by atoms with Gasteiger partial charge in [0.1, 0.15) is 18.1 Å². The average Bonchev–Trinajstić information content (AvgIpc) is 2.42. The first kappa shape index (κ1) is 9.92. The van der Waals surface area contributed by atoms with E-state index in [2.05, 4.69) is 4.98 Å². The Morgan fingerprint density at radius 2 is 2.40 bits per heavy atom. The van der Waals surface area contributed by atoms with Crippen molar-refractivity contribution in [2.24, 2.45) is 0 Å². The van der Waals surface area contributed by atoms with E-state index in [4.69, 9.17) is 16.7 Å². The first-order valence-corrected chi connectivity index (χ1v) is 4.49. The Morgan fingerprint density at radius 1 is 1.67 bits per heavy atom. The van der Waals surface area contributed by atoms with E-state index in [0.29, 0.717) is 5.52 Å². The summed E-state index contributed by atoms with van der Waals surface area (Å²) in [4.78, 5) is 14.4. The molecule has 0 atom stereocenters. The van der Waals surface area contributed by atoms with Gasteiger partial charge in [0.05, 0.1) is 5.52 Å². The zero-order valence-corrected chi connectivity index (χ0v) is 8.20. The molecule has 6 heteroatoms. The van der Waals surface area contributed by atoms with Crippen LogP contribution in [0.1, 0.15) is 5.82 Å². The molecule has 2 rings (SSSR count). The normalized spacial score (nSPS) is 10.8. The first-order valence-electron chi connectivity index (χ1n) is 4.11. The minimum atomic E-state index is -1.01. The Kier molecular flexibility index (Phi) is 2.32. The molecule has 2 aromatic rings. The maximum atomic E-state index is 12.9. The van der Waals surface area contributed by atoms with Gasteiger partial charge < -0.3 is 9.51 Å². The summed E-state index contributed by atoms with van der Waals surface area (Å²) >= 11 is 5.74. The lowest BCUT2D eigenvalue weighted by Crippen LogP contribution is -2.04. The molecule has 0 saturated carbocycles. The van der Waals surface area contributed by atoms with Crippen LogP contribution in [0, 0.1) is 5.82 Å². The number of aliphatic carboxylic acids is 1. The third-order valence-electron chi connectivity index (χ3n) is 1.94. The van der Waals surface area contributed by atoms with Crippen molar-refractivity contribution in [2.45, 2.75) is 6.42 Å². The topological polar surface area (TPSA) is 54.6 Å². The molecule has 0 fully saturated rings. The Morgan fingerprint density at radius 3 is 3.07 bits per heavy atom. The lowest BCUT2D eigenvalue weighted by atomic mass is 10.4. The maximum absolute atomic E-state index is 12.9. The smallest absolute Gasteiger partial charge is 0.311 e. The van der Waals surface area contributed by atoms with Crippen molar-refractivity contribution in [3.63, 3.8) is 0 Å². The predicted octanol–water partition coefficient (Wildman–Crippen LogP) is 1.75. The van der Waals surface area contributed by atoms with Crippen LogP contribution in [0.15, 0.2) is 18.3 Å². The van der Waals surface area contributed by atoms with Gasteiger partial charge in [-0.1, -0.05) is 11.6 Å². The molecule has 0 amide bonds. The molecule has 0 saturated heterocycles. The molecular weight excluding hydrogens is 223 g/mol.